The fourth-order valence-electron chi connectivity index (χ4n) is 1.54. The zero-order chi connectivity index (χ0) is 8.97. The maximum absolute atomic E-state index is 5.52. The van der Waals surface area contributed by atoms with Gasteiger partial charge in [-0.2, -0.15) is 0 Å². The lowest BCUT2D eigenvalue weighted by molar-refractivity contribution is 0.0803. The topological polar surface area (TPSA) is 35.2 Å². The molecule has 0 aromatic rings. The van der Waals surface area contributed by atoms with Crippen LogP contribution in [0.5, 0.6) is 0 Å². The first-order chi connectivity index (χ1) is 5.70. The molecule has 70 valence electrons. The van der Waals surface area contributed by atoms with Crippen LogP contribution in [0.2, 0.25) is 0 Å². The average molecular weight is 187 g/mol. The van der Waals surface area contributed by atoms with Gasteiger partial charge in [0.1, 0.15) is 11.1 Å². The second-order valence-corrected chi connectivity index (χ2v) is 4.00. The Morgan fingerprint density at radius 1 is 1.58 bits per heavy atom. The lowest BCUT2D eigenvalue weighted by Crippen LogP contribution is -2.28. The van der Waals surface area contributed by atoms with Gasteiger partial charge >= 0.3 is 0 Å². The summed E-state index contributed by atoms with van der Waals surface area (Å²) in [4.78, 5) is 0.466. The second-order valence-electron chi connectivity index (χ2n) is 3.53. The summed E-state index contributed by atoms with van der Waals surface area (Å²) in [6.07, 6.45) is 5.28. The molecule has 1 unspecified atom stereocenters. The van der Waals surface area contributed by atoms with E-state index in [1.165, 1.54) is 25.7 Å². The molecule has 0 aromatic heterocycles. The molecule has 1 aliphatic carbocycles. The van der Waals surface area contributed by atoms with Crippen LogP contribution in [0.3, 0.4) is 0 Å². The summed E-state index contributed by atoms with van der Waals surface area (Å²) in [5, 5.41) is 0. The van der Waals surface area contributed by atoms with E-state index in [0.717, 1.165) is 12.5 Å². The van der Waals surface area contributed by atoms with Gasteiger partial charge in [0.25, 0.3) is 0 Å². The molecule has 1 saturated carbocycles. The van der Waals surface area contributed by atoms with Crippen LogP contribution >= 0.6 is 12.2 Å². The van der Waals surface area contributed by atoms with Crippen molar-refractivity contribution in [1.82, 2.24) is 0 Å². The predicted octanol–water partition coefficient (Wildman–Crippen LogP) is 1.87. The van der Waals surface area contributed by atoms with Crippen molar-refractivity contribution in [2.45, 2.75) is 38.7 Å². The molecule has 0 amide bonds. The molecule has 2 nitrogen and oxygen atoms in total. The molecule has 0 saturated heterocycles. The fourth-order valence-corrected chi connectivity index (χ4v) is 1.61. The van der Waals surface area contributed by atoms with Gasteiger partial charge in [-0.05, 0) is 25.7 Å². The molecule has 0 aromatic carbocycles. The van der Waals surface area contributed by atoms with Crippen molar-refractivity contribution in [2.24, 2.45) is 11.7 Å². The van der Waals surface area contributed by atoms with Gasteiger partial charge in [-0.15, -0.1) is 0 Å². The minimum atomic E-state index is -0.0550. The van der Waals surface area contributed by atoms with Crippen molar-refractivity contribution in [3.8, 4) is 0 Å². The standard InChI is InChI=1S/C9H17NOS/c1-7(9(10)12)11-6-8-4-2-3-5-8/h7-8H,2-6H2,1H3,(H2,10,12). The predicted molar refractivity (Wildman–Crippen MR) is 54.2 cm³/mol. The van der Waals surface area contributed by atoms with Crippen molar-refractivity contribution >= 4 is 17.2 Å². The van der Waals surface area contributed by atoms with E-state index in [2.05, 4.69) is 0 Å². The number of nitrogens with two attached hydrogens (primary N) is 1. The molecule has 0 spiro atoms. The van der Waals surface area contributed by atoms with E-state index < -0.39 is 0 Å². The second kappa shape index (κ2) is 4.77. The van der Waals surface area contributed by atoms with Crippen LogP contribution in [0.4, 0.5) is 0 Å². The van der Waals surface area contributed by atoms with E-state index in [1.807, 2.05) is 6.92 Å². The summed E-state index contributed by atoms with van der Waals surface area (Å²) in [6, 6.07) is 0. The molecule has 0 radical (unpaired) electrons. The Morgan fingerprint density at radius 2 is 2.17 bits per heavy atom. The zero-order valence-electron chi connectivity index (χ0n) is 7.58. The number of ether oxygens (including phenoxy) is 1. The van der Waals surface area contributed by atoms with Crippen molar-refractivity contribution in [3.05, 3.63) is 0 Å². The summed E-state index contributed by atoms with van der Waals surface area (Å²) in [5.41, 5.74) is 5.43. The van der Waals surface area contributed by atoms with Gasteiger partial charge in [0.15, 0.2) is 0 Å². The van der Waals surface area contributed by atoms with Gasteiger partial charge in [0.2, 0.25) is 0 Å². The maximum Gasteiger partial charge on any atom is 0.104 e. The van der Waals surface area contributed by atoms with E-state index in [9.17, 15) is 0 Å². The van der Waals surface area contributed by atoms with Crippen molar-refractivity contribution in [3.63, 3.8) is 0 Å². The van der Waals surface area contributed by atoms with Crippen LogP contribution in [0.25, 0.3) is 0 Å². The third-order valence-electron chi connectivity index (χ3n) is 2.46. The van der Waals surface area contributed by atoms with Gasteiger partial charge in [-0.1, -0.05) is 25.1 Å². The van der Waals surface area contributed by atoms with Crippen LogP contribution in [-0.2, 0) is 4.74 Å². The van der Waals surface area contributed by atoms with E-state index >= 15 is 0 Å². The van der Waals surface area contributed by atoms with E-state index in [4.69, 9.17) is 22.7 Å². The van der Waals surface area contributed by atoms with Crippen molar-refractivity contribution < 1.29 is 4.74 Å². The highest BCUT2D eigenvalue weighted by molar-refractivity contribution is 7.80. The quantitative estimate of drug-likeness (QED) is 0.682. The number of rotatable bonds is 4. The zero-order valence-corrected chi connectivity index (χ0v) is 8.40. The normalized spacial score (nSPS) is 21.1. The highest BCUT2D eigenvalue weighted by atomic mass is 32.1. The molecular weight excluding hydrogens is 170 g/mol. The summed E-state index contributed by atoms with van der Waals surface area (Å²) in [6.45, 7) is 2.75. The molecule has 1 fully saturated rings. The first-order valence-electron chi connectivity index (χ1n) is 4.61. The van der Waals surface area contributed by atoms with Gasteiger partial charge in [0.05, 0.1) is 6.61 Å². The monoisotopic (exact) mass is 187 g/mol. The van der Waals surface area contributed by atoms with Gasteiger partial charge < -0.3 is 10.5 Å². The van der Waals surface area contributed by atoms with Crippen LogP contribution in [0, 0.1) is 5.92 Å². The fraction of sp³-hybridized carbons (Fsp3) is 0.889. The van der Waals surface area contributed by atoms with Crippen LogP contribution in [0.15, 0.2) is 0 Å². The van der Waals surface area contributed by atoms with Crippen molar-refractivity contribution in [2.75, 3.05) is 6.61 Å². The van der Waals surface area contributed by atoms with Gasteiger partial charge in [-0.25, -0.2) is 0 Å². The molecular formula is C9H17NOS. The Balaban J connectivity index is 2.11. The molecule has 0 aliphatic heterocycles. The Hall–Kier alpha value is -0.150. The molecule has 1 rings (SSSR count). The maximum atomic E-state index is 5.52. The third-order valence-corrected chi connectivity index (χ3v) is 2.79. The highest BCUT2D eigenvalue weighted by Crippen LogP contribution is 2.24. The average Bonchev–Trinajstić information content (AvgIpc) is 2.51. The Bertz CT molecular complexity index is 155. The molecule has 12 heavy (non-hydrogen) atoms. The molecule has 1 aliphatic rings. The van der Waals surface area contributed by atoms with Crippen LogP contribution < -0.4 is 5.73 Å². The summed E-state index contributed by atoms with van der Waals surface area (Å²) in [7, 11) is 0. The van der Waals surface area contributed by atoms with Crippen molar-refractivity contribution in [1.29, 1.82) is 0 Å². The lowest BCUT2D eigenvalue weighted by Gasteiger charge is -2.14. The molecule has 0 heterocycles. The number of hydrogen-bond donors (Lipinski definition) is 1. The highest BCUT2D eigenvalue weighted by Gasteiger charge is 2.16. The third kappa shape index (κ3) is 3.07. The summed E-state index contributed by atoms with van der Waals surface area (Å²) >= 11 is 4.81. The Kier molecular flexibility index (Phi) is 3.95. The van der Waals surface area contributed by atoms with Gasteiger partial charge in [-0.3, -0.25) is 0 Å². The van der Waals surface area contributed by atoms with Crippen LogP contribution in [0.1, 0.15) is 32.6 Å². The van der Waals surface area contributed by atoms with E-state index in [1.54, 1.807) is 0 Å². The van der Waals surface area contributed by atoms with E-state index in [0.29, 0.717) is 4.99 Å². The smallest absolute Gasteiger partial charge is 0.104 e. The Labute approximate surface area is 79.5 Å². The molecule has 2 N–H and O–H groups in total. The largest absolute Gasteiger partial charge is 0.391 e. The number of hydrogen-bond acceptors (Lipinski definition) is 2. The van der Waals surface area contributed by atoms with Gasteiger partial charge in [0, 0.05) is 0 Å². The minimum Gasteiger partial charge on any atom is -0.391 e. The molecule has 0 bridgehead atoms. The molecule has 1 atom stereocenters. The summed E-state index contributed by atoms with van der Waals surface area (Å²) in [5.74, 6) is 0.752. The Morgan fingerprint density at radius 3 is 2.67 bits per heavy atom. The van der Waals surface area contributed by atoms with Crippen LogP contribution in [-0.4, -0.2) is 17.7 Å². The summed E-state index contributed by atoms with van der Waals surface area (Å²) < 4.78 is 5.52. The first-order valence-corrected chi connectivity index (χ1v) is 5.02. The number of thiocarbonyl (C=S) groups is 1. The lowest BCUT2D eigenvalue weighted by atomic mass is 10.1. The minimum absolute atomic E-state index is 0.0550. The first kappa shape index (κ1) is 9.93. The van der Waals surface area contributed by atoms with E-state index in [-0.39, 0.29) is 6.10 Å². The SMILES string of the molecule is CC(OCC1CCCC1)C(N)=S. The molecule has 3 heteroatoms.